The molecule has 1 amide bonds. The van der Waals surface area contributed by atoms with Crippen LogP contribution in [-0.2, 0) is 16.4 Å². The average Bonchev–Trinajstić information content (AvgIpc) is 2.72. The second-order valence-electron chi connectivity index (χ2n) is 6.95. The fourth-order valence-corrected chi connectivity index (χ4v) is 4.69. The minimum Gasteiger partial charge on any atom is -0.336 e. The summed E-state index contributed by atoms with van der Waals surface area (Å²) in [6, 6.07) is 12.5. The molecule has 7 heteroatoms. The summed E-state index contributed by atoms with van der Waals surface area (Å²) < 4.78 is 39.7. The van der Waals surface area contributed by atoms with Gasteiger partial charge in [0.2, 0.25) is 10.0 Å². The Balaban J connectivity index is 1.61. The Kier molecular flexibility index (Phi) is 6.46. The maximum atomic E-state index is 13.1. The molecule has 1 fully saturated rings. The van der Waals surface area contributed by atoms with Gasteiger partial charge in [-0.05, 0) is 54.8 Å². The minimum atomic E-state index is -3.68. The summed E-state index contributed by atoms with van der Waals surface area (Å²) in [5.41, 5.74) is 1.84. The van der Waals surface area contributed by atoms with E-state index in [9.17, 15) is 17.6 Å². The van der Waals surface area contributed by atoms with Gasteiger partial charge >= 0.3 is 0 Å². The Hall–Kier alpha value is -2.25. The molecule has 1 aliphatic rings. The van der Waals surface area contributed by atoms with Crippen molar-refractivity contribution in [1.29, 1.82) is 0 Å². The Labute approximate surface area is 165 Å². The quantitative estimate of drug-likeness (QED) is 0.742. The van der Waals surface area contributed by atoms with E-state index in [-0.39, 0.29) is 23.9 Å². The smallest absolute Gasteiger partial charge is 0.253 e. The molecule has 28 heavy (non-hydrogen) atoms. The van der Waals surface area contributed by atoms with Crippen LogP contribution in [0.1, 0.15) is 35.7 Å². The minimum absolute atomic E-state index is 0.0661. The number of hydrogen-bond acceptors (Lipinski definition) is 3. The van der Waals surface area contributed by atoms with Crippen LogP contribution in [0, 0.1) is 5.82 Å². The van der Waals surface area contributed by atoms with E-state index < -0.39 is 15.8 Å². The van der Waals surface area contributed by atoms with Gasteiger partial charge in [-0.3, -0.25) is 4.79 Å². The third-order valence-electron chi connectivity index (χ3n) is 5.00. The Morgan fingerprint density at radius 3 is 2.14 bits per heavy atom. The van der Waals surface area contributed by atoms with Crippen molar-refractivity contribution in [1.82, 2.24) is 9.21 Å². The third-order valence-corrected chi connectivity index (χ3v) is 6.91. The maximum Gasteiger partial charge on any atom is 0.253 e. The van der Waals surface area contributed by atoms with Crippen LogP contribution in [0.2, 0.25) is 0 Å². The van der Waals surface area contributed by atoms with Crippen LogP contribution >= 0.6 is 0 Å². The van der Waals surface area contributed by atoms with Crippen molar-refractivity contribution in [3.63, 3.8) is 0 Å². The van der Waals surface area contributed by atoms with Gasteiger partial charge in [0, 0.05) is 31.7 Å². The van der Waals surface area contributed by atoms with Crippen molar-refractivity contribution in [3.8, 4) is 0 Å². The molecule has 2 aromatic rings. The van der Waals surface area contributed by atoms with Crippen LogP contribution < -0.4 is 0 Å². The van der Waals surface area contributed by atoms with Crippen LogP contribution in [0.3, 0.4) is 0 Å². The van der Waals surface area contributed by atoms with Gasteiger partial charge in [-0.15, -0.1) is 0 Å². The molecule has 5 nitrogen and oxygen atoms in total. The van der Waals surface area contributed by atoms with Gasteiger partial charge in [0.15, 0.2) is 0 Å². The van der Waals surface area contributed by atoms with Crippen molar-refractivity contribution in [2.75, 3.05) is 26.2 Å². The van der Waals surface area contributed by atoms with E-state index in [0.717, 1.165) is 31.4 Å². The third kappa shape index (κ3) is 4.59. The second kappa shape index (κ2) is 8.84. The average molecular weight is 405 g/mol. The number of hydrogen-bond donors (Lipinski definition) is 0. The molecule has 0 atom stereocenters. The number of rotatable bonds is 6. The van der Waals surface area contributed by atoms with Gasteiger partial charge in [0.25, 0.3) is 5.91 Å². The van der Waals surface area contributed by atoms with E-state index in [0.29, 0.717) is 18.7 Å². The van der Waals surface area contributed by atoms with Crippen LogP contribution in [-0.4, -0.2) is 49.7 Å². The lowest BCUT2D eigenvalue weighted by Crippen LogP contribution is -2.50. The summed E-state index contributed by atoms with van der Waals surface area (Å²) in [6.07, 6.45) is 3.26. The number of carbonyl (C=O) groups excluding carboxylic acids is 1. The molecule has 0 radical (unpaired) electrons. The second-order valence-corrected chi connectivity index (χ2v) is 8.89. The standard InChI is InChI=1S/C21H25FN2O3S/c1-2-3-4-17-5-7-18(8-6-17)21(25)23-13-15-24(16-14-23)28(26,27)20-11-9-19(22)10-12-20/h5-12H,2-4,13-16H2,1H3. The molecule has 0 aliphatic carbocycles. The van der Waals surface area contributed by atoms with Crippen LogP contribution in [0.15, 0.2) is 53.4 Å². The highest BCUT2D eigenvalue weighted by molar-refractivity contribution is 7.89. The van der Waals surface area contributed by atoms with Crippen molar-refractivity contribution in [3.05, 3.63) is 65.5 Å². The fourth-order valence-electron chi connectivity index (χ4n) is 3.26. The number of amides is 1. The normalized spacial score (nSPS) is 15.6. The molecule has 1 aliphatic heterocycles. The lowest BCUT2D eigenvalue weighted by molar-refractivity contribution is 0.0698. The molecule has 1 saturated heterocycles. The van der Waals surface area contributed by atoms with E-state index in [1.807, 2.05) is 24.3 Å². The van der Waals surface area contributed by atoms with Crippen molar-refractivity contribution >= 4 is 15.9 Å². The van der Waals surface area contributed by atoms with Gasteiger partial charge in [-0.1, -0.05) is 25.5 Å². The summed E-state index contributed by atoms with van der Waals surface area (Å²) >= 11 is 0. The highest BCUT2D eigenvalue weighted by Crippen LogP contribution is 2.19. The van der Waals surface area contributed by atoms with Crippen molar-refractivity contribution in [2.45, 2.75) is 31.1 Å². The first-order valence-electron chi connectivity index (χ1n) is 9.56. The SMILES string of the molecule is CCCCc1ccc(C(=O)N2CCN(S(=O)(=O)c3ccc(F)cc3)CC2)cc1. The van der Waals surface area contributed by atoms with Gasteiger partial charge in [0.05, 0.1) is 4.90 Å². The fraction of sp³-hybridized carbons (Fsp3) is 0.381. The highest BCUT2D eigenvalue weighted by Gasteiger charge is 2.30. The summed E-state index contributed by atoms with van der Waals surface area (Å²) in [6.45, 7) is 3.25. The molecule has 150 valence electrons. The summed E-state index contributed by atoms with van der Waals surface area (Å²) in [5, 5.41) is 0. The molecule has 0 spiro atoms. The molecule has 0 bridgehead atoms. The zero-order valence-electron chi connectivity index (χ0n) is 16.0. The lowest BCUT2D eigenvalue weighted by atomic mass is 10.1. The first-order chi connectivity index (χ1) is 13.4. The number of nitrogens with zero attached hydrogens (tertiary/aromatic N) is 2. The van der Waals surface area contributed by atoms with E-state index in [2.05, 4.69) is 6.92 Å². The zero-order chi connectivity index (χ0) is 20.1. The number of halogens is 1. The largest absolute Gasteiger partial charge is 0.336 e. The molecular weight excluding hydrogens is 379 g/mol. The van der Waals surface area contributed by atoms with E-state index in [1.165, 1.54) is 22.0 Å². The Morgan fingerprint density at radius 1 is 0.964 bits per heavy atom. The Morgan fingerprint density at radius 2 is 1.57 bits per heavy atom. The van der Waals surface area contributed by atoms with Crippen LogP contribution in [0.4, 0.5) is 4.39 Å². The van der Waals surface area contributed by atoms with Gasteiger partial charge in [-0.2, -0.15) is 4.31 Å². The van der Waals surface area contributed by atoms with Gasteiger partial charge in [0.1, 0.15) is 5.82 Å². The topological polar surface area (TPSA) is 57.7 Å². The summed E-state index contributed by atoms with van der Waals surface area (Å²) in [7, 11) is -3.68. The van der Waals surface area contributed by atoms with Crippen LogP contribution in [0.25, 0.3) is 0 Å². The predicted molar refractivity (Wildman–Crippen MR) is 106 cm³/mol. The number of piperazine rings is 1. The molecule has 0 aromatic heterocycles. The lowest BCUT2D eigenvalue weighted by Gasteiger charge is -2.34. The highest BCUT2D eigenvalue weighted by atomic mass is 32.2. The van der Waals surface area contributed by atoms with Gasteiger partial charge < -0.3 is 4.90 Å². The number of sulfonamides is 1. The molecule has 1 heterocycles. The van der Waals surface area contributed by atoms with E-state index in [1.54, 1.807) is 4.90 Å². The van der Waals surface area contributed by atoms with Crippen molar-refractivity contribution in [2.24, 2.45) is 0 Å². The number of benzene rings is 2. The molecule has 0 N–H and O–H groups in total. The van der Waals surface area contributed by atoms with Gasteiger partial charge in [-0.25, -0.2) is 12.8 Å². The summed E-state index contributed by atoms with van der Waals surface area (Å²) in [5.74, 6) is -0.559. The molecule has 3 rings (SSSR count). The van der Waals surface area contributed by atoms with Crippen LogP contribution in [0.5, 0.6) is 0 Å². The molecule has 2 aromatic carbocycles. The Bertz CT molecular complexity index is 904. The van der Waals surface area contributed by atoms with E-state index >= 15 is 0 Å². The summed E-state index contributed by atoms with van der Waals surface area (Å²) in [4.78, 5) is 14.4. The first kappa shape index (κ1) is 20.5. The number of carbonyl (C=O) groups is 1. The number of aryl methyl sites for hydroxylation is 1. The van der Waals surface area contributed by atoms with E-state index in [4.69, 9.17) is 0 Å². The predicted octanol–water partition coefficient (Wildman–Crippen LogP) is 3.32. The first-order valence-corrected chi connectivity index (χ1v) is 11.0. The van der Waals surface area contributed by atoms with Crippen molar-refractivity contribution < 1.29 is 17.6 Å². The monoisotopic (exact) mass is 404 g/mol. The zero-order valence-corrected chi connectivity index (χ0v) is 16.8. The maximum absolute atomic E-state index is 13.1. The number of unbranched alkanes of at least 4 members (excludes halogenated alkanes) is 1. The molecule has 0 saturated carbocycles. The molecular formula is C21H25FN2O3S. The molecule has 0 unspecified atom stereocenters.